The maximum Gasteiger partial charge on any atom is 0.0796 e. The highest BCUT2D eigenvalue weighted by molar-refractivity contribution is 5.69. The molecule has 0 spiro atoms. The number of aryl methyl sites for hydroxylation is 1. The van der Waals surface area contributed by atoms with Gasteiger partial charge in [0.2, 0.25) is 0 Å². The molecule has 2 aliphatic heterocycles. The molecule has 0 aromatic heterocycles. The molecule has 1 N–H and O–H groups in total. The van der Waals surface area contributed by atoms with Crippen LogP contribution in [0.15, 0.2) is 78.9 Å². The zero-order valence-corrected chi connectivity index (χ0v) is 15.3. The van der Waals surface area contributed by atoms with Crippen LogP contribution in [0.2, 0.25) is 0 Å². The van der Waals surface area contributed by atoms with Crippen LogP contribution in [-0.2, 0) is 0 Å². The molecule has 0 bridgehead atoms. The zero-order valence-electron chi connectivity index (χ0n) is 15.3. The van der Waals surface area contributed by atoms with Crippen molar-refractivity contribution in [2.24, 2.45) is 0 Å². The molecule has 3 atom stereocenters. The van der Waals surface area contributed by atoms with Crippen molar-refractivity contribution in [3.8, 4) is 0 Å². The van der Waals surface area contributed by atoms with Crippen LogP contribution in [0.4, 0.5) is 11.4 Å². The molecule has 0 unspecified atom stereocenters. The number of hydrogen-bond donors (Lipinski definition) is 1. The normalized spacial score (nSPS) is 26.3. The Kier molecular flexibility index (Phi) is 3.36. The van der Waals surface area contributed by atoms with Crippen LogP contribution in [0, 0.1) is 6.92 Å². The first kappa shape index (κ1) is 15.5. The average molecular weight is 340 g/mol. The average Bonchev–Trinajstić information content (AvgIpc) is 3.11. The van der Waals surface area contributed by atoms with E-state index in [2.05, 4.69) is 103 Å². The lowest BCUT2D eigenvalue weighted by Crippen LogP contribution is -2.36. The van der Waals surface area contributed by atoms with E-state index in [1.54, 1.807) is 0 Å². The fourth-order valence-corrected chi connectivity index (χ4v) is 4.92. The molecule has 0 saturated carbocycles. The Hall–Kier alpha value is -2.74. The summed E-state index contributed by atoms with van der Waals surface area (Å²) < 4.78 is 0. The Morgan fingerprint density at radius 1 is 0.923 bits per heavy atom. The van der Waals surface area contributed by atoms with Gasteiger partial charge in [0.1, 0.15) is 0 Å². The van der Waals surface area contributed by atoms with E-state index in [0.29, 0.717) is 12.1 Å². The number of hydrogen-bond acceptors (Lipinski definition) is 2. The van der Waals surface area contributed by atoms with Gasteiger partial charge in [-0.15, -0.1) is 0 Å². The predicted molar refractivity (Wildman–Crippen MR) is 109 cm³/mol. The number of anilines is 2. The summed E-state index contributed by atoms with van der Waals surface area (Å²) >= 11 is 0. The highest BCUT2D eigenvalue weighted by Gasteiger charge is 2.54. The highest BCUT2D eigenvalue weighted by atomic mass is 15.3. The monoisotopic (exact) mass is 340 g/mol. The van der Waals surface area contributed by atoms with E-state index >= 15 is 0 Å². The first-order chi connectivity index (χ1) is 12.7. The SMILES string of the molecule is Cc1ccc2c(c1)N[C@]1(C)C[C@H](c3ccccc3)N(c3ccccc3)[C@H]21. The van der Waals surface area contributed by atoms with Crippen LogP contribution < -0.4 is 10.2 Å². The van der Waals surface area contributed by atoms with Gasteiger partial charge < -0.3 is 10.2 Å². The molecule has 2 heterocycles. The molecule has 2 nitrogen and oxygen atoms in total. The minimum Gasteiger partial charge on any atom is -0.377 e. The maximum atomic E-state index is 3.87. The molecule has 3 aromatic rings. The molecule has 2 aliphatic rings. The van der Waals surface area contributed by atoms with Crippen molar-refractivity contribution in [2.45, 2.75) is 37.9 Å². The Bertz CT molecular complexity index is 935. The van der Waals surface area contributed by atoms with Gasteiger partial charge in [0.25, 0.3) is 0 Å². The van der Waals surface area contributed by atoms with E-state index in [-0.39, 0.29) is 5.54 Å². The molecule has 1 saturated heterocycles. The third-order valence-electron chi connectivity index (χ3n) is 6.00. The maximum absolute atomic E-state index is 3.87. The standard InChI is InChI=1S/C24H24N2/c1-17-13-14-20-21(15-17)25-24(2)16-22(18-9-5-3-6-10-18)26(23(20)24)19-11-7-4-8-12-19/h3-15,22-23,25H,16H2,1-2H3/t22-,23-,24-/m1/s1. The topological polar surface area (TPSA) is 15.3 Å². The number of nitrogens with zero attached hydrogens (tertiary/aromatic N) is 1. The molecule has 0 aliphatic carbocycles. The highest BCUT2D eigenvalue weighted by Crippen LogP contribution is 2.58. The second-order valence-electron chi connectivity index (χ2n) is 7.91. The van der Waals surface area contributed by atoms with Crippen LogP contribution in [0.3, 0.4) is 0 Å². The molecule has 5 rings (SSSR count). The van der Waals surface area contributed by atoms with Gasteiger partial charge in [-0.1, -0.05) is 60.7 Å². The third-order valence-corrected chi connectivity index (χ3v) is 6.00. The molecular weight excluding hydrogens is 316 g/mol. The van der Waals surface area contributed by atoms with Crippen molar-refractivity contribution in [2.75, 3.05) is 10.2 Å². The fourth-order valence-electron chi connectivity index (χ4n) is 4.92. The smallest absolute Gasteiger partial charge is 0.0796 e. The number of rotatable bonds is 2. The van der Waals surface area contributed by atoms with E-state index in [0.717, 1.165) is 6.42 Å². The Labute approximate surface area is 155 Å². The van der Waals surface area contributed by atoms with Gasteiger partial charge in [-0.05, 0) is 49.6 Å². The molecule has 26 heavy (non-hydrogen) atoms. The number of benzene rings is 3. The summed E-state index contributed by atoms with van der Waals surface area (Å²) in [5.41, 5.74) is 6.75. The van der Waals surface area contributed by atoms with Gasteiger partial charge in [-0.2, -0.15) is 0 Å². The van der Waals surface area contributed by atoms with Gasteiger partial charge in [0.15, 0.2) is 0 Å². The summed E-state index contributed by atoms with van der Waals surface area (Å²) in [5, 5.41) is 3.87. The lowest BCUT2D eigenvalue weighted by Gasteiger charge is -2.34. The number of para-hydroxylation sites is 1. The zero-order chi connectivity index (χ0) is 17.7. The third kappa shape index (κ3) is 2.25. The Morgan fingerprint density at radius 2 is 1.62 bits per heavy atom. The van der Waals surface area contributed by atoms with Crippen molar-refractivity contribution >= 4 is 11.4 Å². The minimum absolute atomic E-state index is 0.0342. The Balaban J connectivity index is 1.68. The summed E-state index contributed by atoms with van der Waals surface area (Å²) in [7, 11) is 0. The van der Waals surface area contributed by atoms with Crippen LogP contribution in [-0.4, -0.2) is 5.54 Å². The van der Waals surface area contributed by atoms with E-state index in [9.17, 15) is 0 Å². The van der Waals surface area contributed by atoms with Crippen molar-refractivity contribution < 1.29 is 0 Å². The molecular formula is C24H24N2. The summed E-state index contributed by atoms with van der Waals surface area (Å²) in [4.78, 5) is 2.63. The van der Waals surface area contributed by atoms with E-state index in [1.165, 1.54) is 28.1 Å². The fraction of sp³-hybridized carbons (Fsp3) is 0.250. The van der Waals surface area contributed by atoms with Gasteiger partial charge in [0.05, 0.1) is 17.6 Å². The quantitative estimate of drug-likeness (QED) is 0.627. The first-order valence-electron chi connectivity index (χ1n) is 9.43. The van der Waals surface area contributed by atoms with E-state index in [4.69, 9.17) is 0 Å². The van der Waals surface area contributed by atoms with Crippen LogP contribution in [0.25, 0.3) is 0 Å². The number of fused-ring (bicyclic) bond motifs is 3. The second-order valence-corrected chi connectivity index (χ2v) is 7.91. The van der Waals surface area contributed by atoms with Crippen molar-refractivity contribution in [3.05, 3.63) is 95.6 Å². The van der Waals surface area contributed by atoms with E-state index in [1.807, 2.05) is 0 Å². The summed E-state index contributed by atoms with van der Waals surface area (Å²) in [6.07, 6.45) is 1.09. The van der Waals surface area contributed by atoms with Gasteiger partial charge in [-0.25, -0.2) is 0 Å². The molecule has 3 aromatic carbocycles. The lowest BCUT2D eigenvalue weighted by atomic mass is 9.90. The molecule has 0 radical (unpaired) electrons. The second kappa shape index (κ2) is 5.63. The van der Waals surface area contributed by atoms with Crippen LogP contribution >= 0.6 is 0 Å². The summed E-state index contributed by atoms with van der Waals surface area (Å²) in [5.74, 6) is 0. The van der Waals surface area contributed by atoms with E-state index < -0.39 is 0 Å². The van der Waals surface area contributed by atoms with Gasteiger partial charge in [0, 0.05) is 16.9 Å². The van der Waals surface area contributed by atoms with Crippen LogP contribution in [0.5, 0.6) is 0 Å². The first-order valence-corrected chi connectivity index (χ1v) is 9.43. The van der Waals surface area contributed by atoms with Crippen molar-refractivity contribution in [3.63, 3.8) is 0 Å². The van der Waals surface area contributed by atoms with Crippen molar-refractivity contribution in [1.29, 1.82) is 0 Å². The largest absolute Gasteiger partial charge is 0.377 e. The Morgan fingerprint density at radius 3 is 2.35 bits per heavy atom. The summed E-state index contributed by atoms with van der Waals surface area (Å²) in [6.45, 7) is 4.55. The number of nitrogens with one attached hydrogen (secondary N) is 1. The molecule has 0 amide bonds. The predicted octanol–water partition coefficient (Wildman–Crippen LogP) is 5.87. The minimum atomic E-state index is 0.0342. The molecule has 1 fully saturated rings. The van der Waals surface area contributed by atoms with Gasteiger partial charge >= 0.3 is 0 Å². The summed E-state index contributed by atoms with van der Waals surface area (Å²) in [6, 6.07) is 29.4. The molecule has 2 heteroatoms. The van der Waals surface area contributed by atoms with Gasteiger partial charge in [-0.3, -0.25) is 0 Å². The molecule has 130 valence electrons. The van der Waals surface area contributed by atoms with Crippen molar-refractivity contribution in [1.82, 2.24) is 0 Å². The lowest BCUT2D eigenvalue weighted by molar-refractivity contribution is 0.494. The van der Waals surface area contributed by atoms with Crippen LogP contribution in [0.1, 0.15) is 42.1 Å².